The minimum absolute atomic E-state index is 0.149. The first-order chi connectivity index (χ1) is 13.6. The molecule has 0 bridgehead atoms. The van der Waals surface area contributed by atoms with Gasteiger partial charge in [0.25, 0.3) is 0 Å². The predicted octanol–water partition coefficient (Wildman–Crippen LogP) is 4.28. The van der Waals surface area contributed by atoms with E-state index >= 15 is 0 Å². The smallest absolute Gasteiger partial charge is 0.237 e. The number of anilines is 3. The second kappa shape index (κ2) is 9.21. The van der Waals surface area contributed by atoms with Crippen molar-refractivity contribution >= 4 is 45.5 Å². The van der Waals surface area contributed by atoms with Gasteiger partial charge in [-0.2, -0.15) is 5.26 Å². The Morgan fingerprint density at radius 2 is 1.96 bits per heavy atom. The lowest BCUT2D eigenvalue weighted by Crippen LogP contribution is -2.22. The number of amides is 1. The molecule has 0 spiro atoms. The molecule has 0 aliphatic heterocycles. The van der Waals surface area contributed by atoms with Gasteiger partial charge in [0.2, 0.25) is 11.0 Å². The highest BCUT2D eigenvalue weighted by atomic mass is 32.2. The number of rotatable bonds is 7. The van der Waals surface area contributed by atoms with Crippen molar-refractivity contribution < 1.29 is 9.53 Å². The zero-order valence-corrected chi connectivity index (χ0v) is 16.8. The van der Waals surface area contributed by atoms with Gasteiger partial charge in [0.05, 0.1) is 29.7 Å². The minimum atomic E-state index is -0.359. The number of ether oxygens (including phenoxy) is 1. The zero-order valence-electron chi connectivity index (χ0n) is 15.2. The number of hydrogen-bond acceptors (Lipinski definition) is 8. The van der Waals surface area contributed by atoms with Gasteiger partial charge in [-0.1, -0.05) is 35.2 Å². The van der Waals surface area contributed by atoms with Crippen LogP contribution in [0.5, 0.6) is 5.75 Å². The van der Waals surface area contributed by atoms with Gasteiger partial charge in [-0.25, -0.2) is 0 Å². The Bertz CT molecular complexity index is 998. The van der Waals surface area contributed by atoms with Gasteiger partial charge in [-0.15, -0.1) is 10.2 Å². The average molecular weight is 412 g/mol. The number of benzene rings is 2. The molecule has 3 rings (SSSR count). The van der Waals surface area contributed by atoms with Gasteiger partial charge < -0.3 is 15.4 Å². The van der Waals surface area contributed by atoms with Crippen molar-refractivity contribution in [2.75, 3.05) is 17.7 Å². The van der Waals surface area contributed by atoms with Crippen molar-refractivity contribution in [2.45, 2.75) is 16.5 Å². The third kappa shape index (κ3) is 5.00. The Morgan fingerprint density at radius 1 is 1.21 bits per heavy atom. The monoisotopic (exact) mass is 411 g/mol. The first kappa shape index (κ1) is 19.7. The molecule has 0 aliphatic rings. The van der Waals surface area contributed by atoms with Crippen LogP contribution in [-0.4, -0.2) is 28.5 Å². The lowest BCUT2D eigenvalue weighted by atomic mass is 10.2. The van der Waals surface area contributed by atoms with Crippen LogP contribution >= 0.6 is 23.1 Å². The average Bonchev–Trinajstić information content (AvgIpc) is 3.15. The number of aromatic nitrogens is 2. The first-order valence-corrected chi connectivity index (χ1v) is 10.00. The fourth-order valence-electron chi connectivity index (χ4n) is 2.25. The summed E-state index contributed by atoms with van der Waals surface area (Å²) in [5, 5.41) is 23.3. The van der Waals surface area contributed by atoms with E-state index in [4.69, 9.17) is 10.00 Å². The van der Waals surface area contributed by atoms with E-state index in [0.717, 1.165) is 5.69 Å². The van der Waals surface area contributed by atoms with E-state index in [0.29, 0.717) is 26.5 Å². The van der Waals surface area contributed by atoms with Crippen LogP contribution in [0.4, 0.5) is 16.5 Å². The number of nitriles is 1. The molecule has 9 heteroatoms. The molecule has 1 atom stereocenters. The highest BCUT2D eigenvalue weighted by Gasteiger charge is 2.18. The number of thioether (sulfide) groups is 1. The Kier molecular flexibility index (Phi) is 6.47. The van der Waals surface area contributed by atoms with Crippen LogP contribution < -0.4 is 15.4 Å². The molecule has 0 unspecified atom stereocenters. The van der Waals surface area contributed by atoms with Crippen LogP contribution in [0.1, 0.15) is 12.5 Å². The molecule has 2 N–H and O–H groups in total. The molecule has 7 nitrogen and oxygen atoms in total. The zero-order chi connectivity index (χ0) is 19.9. The normalized spacial score (nSPS) is 11.3. The van der Waals surface area contributed by atoms with Crippen molar-refractivity contribution in [3.8, 4) is 11.8 Å². The van der Waals surface area contributed by atoms with E-state index in [1.165, 1.54) is 23.1 Å². The number of nitrogens with zero attached hydrogens (tertiary/aromatic N) is 3. The lowest BCUT2D eigenvalue weighted by molar-refractivity contribution is -0.115. The fourth-order valence-corrected chi connectivity index (χ4v) is 4.16. The Labute approximate surface area is 170 Å². The molecule has 1 heterocycles. The number of hydrogen-bond donors (Lipinski definition) is 2. The van der Waals surface area contributed by atoms with Crippen LogP contribution in [0.25, 0.3) is 0 Å². The standard InChI is InChI=1S/C19H17N5O2S2/c1-12(17(25)21-14-9-7-13(11-20)8-10-14)27-19-24-23-18(28-19)22-15-5-3-4-6-16(15)26-2/h3-10,12H,1-2H3,(H,21,25)(H,22,23)/t12-/m0/s1. The van der Waals surface area contributed by atoms with Crippen molar-refractivity contribution in [3.05, 3.63) is 54.1 Å². The summed E-state index contributed by atoms with van der Waals surface area (Å²) in [5.41, 5.74) is 1.99. The van der Waals surface area contributed by atoms with Crippen molar-refractivity contribution in [2.24, 2.45) is 0 Å². The lowest BCUT2D eigenvalue weighted by Gasteiger charge is -2.10. The molecular weight excluding hydrogens is 394 g/mol. The summed E-state index contributed by atoms with van der Waals surface area (Å²) in [7, 11) is 1.61. The van der Waals surface area contributed by atoms with Crippen LogP contribution in [-0.2, 0) is 4.79 Å². The largest absolute Gasteiger partial charge is 0.495 e. The van der Waals surface area contributed by atoms with E-state index in [9.17, 15) is 4.79 Å². The fraction of sp³-hybridized carbons (Fsp3) is 0.158. The summed E-state index contributed by atoms with van der Waals surface area (Å²) in [6.45, 7) is 1.80. The summed E-state index contributed by atoms with van der Waals surface area (Å²) in [6, 6.07) is 16.3. The number of carbonyl (C=O) groups excluding carboxylic acids is 1. The molecule has 28 heavy (non-hydrogen) atoms. The predicted molar refractivity (Wildman–Crippen MR) is 111 cm³/mol. The topological polar surface area (TPSA) is 99.9 Å². The number of nitrogens with one attached hydrogen (secondary N) is 2. The summed E-state index contributed by atoms with van der Waals surface area (Å²) in [4.78, 5) is 12.4. The summed E-state index contributed by atoms with van der Waals surface area (Å²) in [6.07, 6.45) is 0. The van der Waals surface area contributed by atoms with Crippen LogP contribution in [0.2, 0.25) is 0 Å². The van der Waals surface area contributed by atoms with Gasteiger partial charge >= 0.3 is 0 Å². The Balaban J connectivity index is 1.59. The third-order valence-electron chi connectivity index (χ3n) is 3.68. The van der Waals surface area contributed by atoms with Gasteiger partial charge in [0.1, 0.15) is 5.75 Å². The molecule has 0 aliphatic carbocycles. The van der Waals surface area contributed by atoms with E-state index in [1.54, 1.807) is 38.3 Å². The first-order valence-electron chi connectivity index (χ1n) is 8.30. The van der Waals surface area contributed by atoms with E-state index in [-0.39, 0.29) is 11.2 Å². The molecule has 3 aromatic rings. The van der Waals surface area contributed by atoms with Crippen LogP contribution in [0, 0.1) is 11.3 Å². The maximum absolute atomic E-state index is 12.4. The summed E-state index contributed by atoms with van der Waals surface area (Å²) in [5.74, 6) is 0.561. The van der Waals surface area contributed by atoms with Crippen LogP contribution in [0.15, 0.2) is 52.9 Å². The molecule has 1 aromatic heterocycles. The quantitative estimate of drug-likeness (QED) is 0.560. The molecule has 0 saturated carbocycles. The van der Waals surface area contributed by atoms with Crippen molar-refractivity contribution in [1.82, 2.24) is 10.2 Å². The van der Waals surface area contributed by atoms with E-state index in [2.05, 4.69) is 20.8 Å². The number of methoxy groups -OCH3 is 1. The molecule has 0 saturated heterocycles. The molecule has 0 fully saturated rings. The van der Waals surface area contributed by atoms with Gasteiger partial charge in [0, 0.05) is 5.69 Å². The van der Waals surface area contributed by atoms with E-state index < -0.39 is 0 Å². The van der Waals surface area contributed by atoms with Crippen LogP contribution in [0.3, 0.4) is 0 Å². The maximum Gasteiger partial charge on any atom is 0.237 e. The molecule has 1 amide bonds. The van der Waals surface area contributed by atoms with Gasteiger partial charge in [0.15, 0.2) is 4.34 Å². The Hall–Kier alpha value is -3.09. The summed E-state index contributed by atoms with van der Waals surface area (Å²) >= 11 is 2.69. The number of carbonyl (C=O) groups is 1. The molecule has 2 aromatic carbocycles. The van der Waals surface area contributed by atoms with Gasteiger partial charge in [-0.3, -0.25) is 4.79 Å². The number of para-hydroxylation sites is 2. The molecular formula is C19H17N5O2S2. The van der Waals surface area contributed by atoms with Crippen molar-refractivity contribution in [1.29, 1.82) is 5.26 Å². The highest BCUT2D eigenvalue weighted by Crippen LogP contribution is 2.33. The maximum atomic E-state index is 12.4. The highest BCUT2D eigenvalue weighted by molar-refractivity contribution is 8.02. The second-order valence-corrected chi connectivity index (χ2v) is 8.20. The second-order valence-electron chi connectivity index (χ2n) is 5.64. The van der Waals surface area contributed by atoms with E-state index in [1.807, 2.05) is 30.3 Å². The molecule has 142 valence electrons. The summed E-state index contributed by atoms with van der Waals surface area (Å²) < 4.78 is 5.99. The Morgan fingerprint density at radius 3 is 2.68 bits per heavy atom. The minimum Gasteiger partial charge on any atom is -0.495 e. The van der Waals surface area contributed by atoms with Gasteiger partial charge in [-0.05, 0) is 43.3 Å². The molecule has 0 radical (unpaired) electrons. The third-order valence-corrected chi connectivity index (χ3v) is 5.71. The SMILES string of the molecule is COc1ccccc1Nc1nnc(S[C@@H](C)C(=O)Nc2ccc(C#N)cc2)s1. The van der Waals surface area contributed by atoms with Crippen molar-refractivity contribution in [3.63, 3.8) is 0 Å².